The van der Waals surface area contributed by atoms with E-state index in [1.807, 2.05) is 24.4 Å². The number of nitrogens with zero attached hydrogens (tertiary/aromatic N) is 3. The molecule has 5 nitrogen and oxygen atoms in total. The van der Waals surface area contributed by atoms with E-state index in [9.17, 15) is 0 Å². The molecule has 2 aliphatic rings. The molecule has 1 saturated carbocycles. The van der Waals surface area contributed by atoms with E-state index in [1.165, 1.54) is 31.2 Å². The fourth-order valence-corrected chi connectivity index (χ4v) is 4.02. The summed E-state index contributed by atoms with van der Waals surface area (Å²) in [6.07, 6.45) is 7.47. The Morgan fingerprint density at radius 1 is 1.04 bits per heavy atom. The Bertz CT molecular complexity index is 840. The molecule has 3 aromatic rings. The van der Waals surface area contributed by atoms with E-state index in [0.29, 0.717) is 12.0 Å². The van der Waals surface area contributed by atoms with Crippen molar-refractivity contribution < 1.29 is 4.74 Å². The second kappa shape index (κ2) is 6.24. The predicted octanol–water partition coefficient (Wildman–Crippen LogP) is 3.57. The predicted molar refractivity (Wildman–Crippen MR) is 96.0 cm³/mol. The van der Waals surface area contributed by atoms with Crippen LogP contribution in [0.15, 0.2) is 48.7 Å². The van der Waals surface area contributed by atoms with Crippen LogP contribution in [0.3, 0.4) is 0 Å². The summed E-state index contributed by atoms with van der Waals surface area (Å²) in [5, 5.41) is 8.10. The van der Waals surface area contributed by atoms with Gasteiger partial charge in [-0.25, -0.2) is 9.50 Å². The molecule has 1 aliphatic heterocycles. The van der Waals surface area contributed by atoms with Gasteiger partial charge in [0, 0.05) is 18.3 Å². The van der Waals surface area contributed by atoms with Gasteiger partial charge >= 0.3 is 0 Å². The van der Waals surface area contributed by atoms with Crippen molar-refractivity contribution >= 4 is 5.65 Å². The van der Waals surface area contributed by atoms with E-state index in [0.717, 1.165) is 23.6 Å². The lowest BCUT2D eigenvalue weighted by atomic mass is 9.85. The van der Waals surface area contributed by atoms with Crippen LogP contribution >= 0.6 is 0 Å². The van der Waals surface area contributed by atoms with Gasteiger partial charge in [0.15, 0.2) is 11.5 Å². The zero-order valence-electron chi connectivity index (χ0n) is 14.1. The molecule has 5 rings (SSSR count). The van der Waals surface area contributed by atoms with E-state index in [-0.39, 0.29) is 6.23 Å². The third kappa shape index (κ3) is 2.83. The van der Waals surface area contributed by atoms with Gasteiger partial charge < -0.3 is 4.74 Å². The molecule has 2 aromatic heterocycles. The topological polar surface area (TPSA) is 51.5 Å². The third-order valence-corrected chi connectivity index (χ3v) is 5.43. The molecule has 3 heterocycles. The number of aromatic nitrogens is 3. The van der Waals surface area contributed by atoms with Crippen LogP contribution in [0.2, 0.25) is 0 Å². The zero-order valence-corrected chi connectivity index (χ0v) is 14.1. The summed E-state index contributed by atoms with van der Waals surface area (Å²) in [5.41, 5.74) is 3.07. The molecule has 1 aromatic carbocycles. The van der Waals surface area contributed by atoms with Crippen LogP contribution in [0.1, 0.15) is 37.5 Å². The second-order valence-corrected chi connectivity index (χ2v) is 7.07. The fourth-order valence-electron chi connectivity index (χ4n) is 4.02. The van der Waals surface area contributed by atoms with Crippen LogP contribution in [0.25, 0.3) is 17.0 Å². The molecule has 5 heteroatoms. The first-order valence-electron chi connectivity index (χ1n) is 9.17. The maximum atomic E-state index is 6.32. The van der Waals surface area contributed by atoms with E-state index < -0.39 is 0 Å². The quantitative estimate of drug-likeness (QED) is 0.778. The summed E-state index contributed by atoms with van der Waals surface area (Å²) in [6.45, 7) is 1.06. The van der Waals surface area contributed by atoms with Crippen molar-refractivity contribution in [2.45, 2.75) is 38.0 Å². The van der Waals surface area contributed by atoms with Gasteiger partial charge in [0.25, 0.3) is 0 Å². The van der Waals surface area contributed by atoms with Gasteiger partial charge in [-0.2, -0.15) is 0 Å². The van der Waals surface area contributed by atoms with Gasteiger partial charge in [0.05, 0.1) is 6.10 Å². The SMILES string of the molecule is c1ccn2nc(-c3ccc([C@H]4NC[C@@H]5CCCC[C@H]5O4)cc3)nc2c1. The van der Waals surface area contributed by atoms with Crippen LogP contribution in [-0.2, 0) is 4.74 Å². The lowest BCUT2D eigenvalue weighted by Gasteiger charge is -2.40. The maximum Gasteiger partial charge on any atom is 0.182 e. The number of hydrogen-bond acceptors (Lipinski definition) is 4. The zero-order chi connectivity index (χ0) is 16.6. The van der Waals surface area contributed by atoms with Crippen molar-refractivity contribution in [1.29, 1.82) is 0 Å². The highest BCUT2D eigenvalue weighted by Crippen LogP contribution is 2.34. The van der Waals surface area contributed by atoms with Crippen molar-refractivity contribution in [1.82, 2.24) is 19.9 Å². The summed E-state index contributed by atoms with van der Waals surface area (Å²) >= 11 is 0. The summed E-state index contributed by atoms with van der Waals surface area (Å²) in [5.74, 6) is 1.44. The Kier molecular flexibility index (Phi) is 3.76. The van der Waals surface area contributed by atoms with E-state index in [1.54, 1.807) is 4.52 Å². The Morgan fingerprint density at radius 3 is 2.80 bits per heavy atom. The normalized spacial score (nSPS) is 26.5. The molecule has 25 heavy (non-hydrogen) atoms. The monoisotopic (exact) mass is 334 g/mol. The minimum Gasteiger partial charge on any atom is -0.356 e. The van der Waals surface area contributed by atoms with Crippen molar-refractivity contribution in [2.24, 2.45) is 5.92 Å². The number of fused-ring (bicyclic) bond motifs is 2. The van der Waals surface area contributed by atoms with Gasteiger partial charge in [-0.05, 0) is 36.5 Å². The molecule has 0 bridgehead atoms. The minimum absolute atomic E-state index is 0.00225. The molecular formula is C20H22N4O. The van der Waals surface area contributed by atoms with Crippen LogP contribution in [0, 0.1) is 5.92 Å². The summed E-state index contributed by atoms with van der Waals surface area (Å²) < 4.78 is 8.13. The first-order chi connectivity index (χ1) is 12.4. The largest absolute Gasteiger partial charge is 0.356 e. The van der Waals surface area contributed by atoms with Crippen molar-refractivity contribution in [3.05, 3.63) is 54.2 Å². The molecule has 1 aliphatic carbocycles. The van der Waals surface area contributed by atoms with Gasteiger partial charge in [-0.3, -0.25) is 5.32 Å². The molecular weight excluding hydrogens is 312 g/mol. The minimum atomic E-state index is 0.00225. The summed E-state index contributed by atoms with van der Waals surface area (Å²) in [6, 6.07) is 14.3. The summed E-state index contributed by atoms with van der Waals surface area (Å²) in [7, 11) is 0. The van der Waals surface area contributed by atoms with E-state index >= 15 is 0 Å². The van der Waals surface area contributed by atoms with Gasteiger partial charge in [-0.15, -0.1) is 5.10 Å². The first-order valence-corrected chi connectivity index (χ1v) is 9.17. The highest BCUT2D eigenvalue weighted by atomic mass is 16.5. The number of pyridine rings is 1. The first kappa shape index (κ1) is 15.0. The van der Waals surface area contributed by atoms with E-state index in [2.05, 4.69) is 39.7 Å². The molecule has 0 amide bonds. The fraction of sp³-hybridized carbons (Fsp3) is 0.400. The number of hydrogen-bond donors (Lipinski definition) is 1. The molecule has 3 atom stereocenters. The highest BCUT2D eigenvalue weighted by Gasteiger charge is 2.33. The average Bonchev–Trinajstić information content (AvgIpc) is 3.12. The summed E-state index contributed by atoms with van der Waals surface area (Å²) in [4.78, 5) is 4.58. The molecule has 1 N–H and O–H groups in total. The molecule has 0 spiro atoms. The Balaban J connectivity index is 1.36. The van der Waals surface area contributed by atoms with Gasteiger partial charge in [-0.1, -0.05) is 43.2 Å². The van der Waals surface area contributed by atoms with Crippen LogP contribution in [0.4, 0.5) is 0 Å². The Hall–Kier alpha value is -2.24. The van der Waals surface area contributed by atoms with Crippen molar-refractivity contribution in [3.8, 4) is 11.4 Å². The van der Waals surface area contributed by atoms with Crippen molar-refractivity contribution in [3.63, 3.8) is 0 Å². The highest BCUT2D eigenvalue weighted by molar-refractivity contribution is 5.58. The maximum absolute atomic E-state index is 6.32. The van der Waals surface area contributed by atoms with E-state index in [4.69, 9.17) is 4.74 Å². The number of benzene rings is 1. The van der Waals surface area contributed by atoms with Gasteiger partial charge in [0.1, 0.15) is 6.23 Å². The molecule has 1 saturated heterocycles. The lowest BCUT2D eigenvalue weighted by Crippen LogP contribution is -2.45. The Labute approximate surface area is 147 Å². The Morgan fingerprint density at radius 2 is 1.92 bits per heavy atom. The second-order valence-electron chi connectivity index (χ2n) is 7.07. The third-order valence-electron chi connectivity index (χ3n) is 5.43. The lowest BCUT2D eigenvalue weighted by molar-refractivity contribution is -0.109. The molecule has 2 fully saturated rings. The number of nitrogens with one attached hydrogen (secondary N) is 1. The molecule has 128 valence electrons. The molecule has 0 unspecified atom stereocenters. The molecule has 0 radical (unpaired) electrons. The van der Waals surface area contributed by atoms with Crippen molar-refractivity contribution in [2.75, 3.05) is 6.54 Å². The number of ether oxygens (including phenoxy) is 1. The standard InChI is InChI=1S/C20H22N4O/c1-2-6-17-16(5-1)13-21-20(25-17)15-10-8-14(9-11-15)19-22-18-7-3-4-12-24(18)23-19/h3-4,7-12,16-17,20-21H,1-2,5-6,13H2/t16-,17+,20-/m0/s1. The average molecular weight is 334 g/mol. The van der Waals surface area contributed by atoms with Crippen LogP contribution < -0.4 is 5.32 Å². The number of rotatable bonds is 2. The van der Waals surface area contributed by atoms with Crippen LogP contribution in [0.5, 0.6) is 0 Å². The van der Waals surface area contributed by atoms with Crippen LogP contribution in [-0.4, -0.2) is 27.2 Å². The smallest absolute Gasteiger partial charge is 0.182 e. The van der Waals surface area contributed by atoms with Gasteiger partial charge in [0.2, 0.25) is 0 Å².